The summed E-state index contributed by atoms with van der Waals surface area (Å²) in [5.74, 6) is -6.77. The monoisotopic (exact) mass is 576 g/mol. The molecule has 2 amide bonds. The van der Waals surface area contributed by atoms with Crippen LogP contribution in [0.15, 0.2) is 35.2 Å². The molecule has 206 valence electrons. The summed E-state index contributed by atoms with van der Waals surface area (Å²) in [6.07, 6.45) is -1.63. The van der Waals surface area contributed by atoms with E-state index in [-0.39, 0.29) is 40.6 Å². The highest BCUT2D eigenvalue weighted by atomic mass is 35.5. The predicted molar refractivity (Wildman–Crippen MR) is 129 cm³/mol. The van der Waals surface area contributed by atoms with Crippen molar-refractivity contribution in [3.63, 3.8) is 0 Å². The Morgan fingerprint density at radius 1 is 1.13 bits per heavy atom. The fourth-order valence-corrected chi connectivity index (χ4v) is 7.68. The van der Waals surface area contributed by atoms with Gasteiger partial charge < -0.3 is 25.6 Å². The number of hydrogen-bond donors (Lipinski definition) is 4. The van der Waals surface area contributed by atoms with Crippen molar-refractivity contribution in [3.05, 3.63) is 58.4 Å². The molecule has 14 heteroatoms. The van der Waals surface area contributed by atoms with Gasteiger partial charge in [0.25, 0.3) is 5.91 Å². The summed E-state index contributed by atoms with van der Waals surface area (Å²) in [5, 5.41) is 24.9. The largest absolute Gasteiger partial charge is 0.453 e. The van der Waals surface area contributed by atoms with Gasteiger partial charge in [0.15, 0.2) is 27.3 Å². The Morgan fingerprint density at radius 3 is 2.32 bits per heavy atom. The van der Waals surface area contributed by atoms with E-state index in [4.69, 9.17) is 11.6 Å². The molecule has 3 atom stereocenters. The summed E-state index contributed by atoms with van der Waals surface area (Å²) in [5.41, 5.74) is -2.14. The van der Waals surface area contributed by atoms with Crippen LogP contribution >= 0.6 is 11.6 Å². The first-order chi connectivity index (χ1) is 17.8. The van der Waals surface area contributed by atoms with Gasteiger partial charge in [0.05, 0.1) is 27.9 Å². The predicted octanol–water partition coefficient (Wildman–Crippen LogP) is 3.03. The van der Waals surface area contributed by atoms with Crippen LogP contribution in [0.3, 0.4) is 0 Å². The summed E-state index contributed by atoms with van der Waals surface area (Å²) in [4.78, 5) is 23.6. The fourth-order valence-electron chi connectivity index (χ4n) is 5.28. The molecule has 3 unspecified atom stereocenters. The van der Waals surface area contributed by atoms with Crippen LogP contribution in [0.5, 0.6) is 0 Å². The third kappa shape index (κ3) is 4.95. The van der Waals surface area contributed by atoms with Crippen LogP contribution < -0.4 is 10.6 Å². The topological polar surface area (TPSA) is 142 Å². The molecule has 5 rings (SSSR count). The second kappa shape index (κ2) is 10.4. The van der Waals surface area contributed by atoms with E-state index >= 15 is 0 Å². The Morgan fingerprint density at radius 2 is 1.74 bits per heavy atom. The first-order valence-corrected chi connectivity index (χ1v) is 13.4. The normalized spacial score (nSPS) is 25.2. The zero-order chi connectivity index (χ0) is 28.0. The lowest BCUT2D eigenvalue weighted by atomic mass is 9.52. The number of methoxy groups -OCH3 is 1. The summed E-state index contributed by atoms with van der Waals surface area (Å²) in [6, 6.07) is 4.60. The number of nitrogens with one attached hydrogen (secondary N) is 2. The molecule has 4 N–H and O–H groups in total. The standard InChI is InChI=1S/C24H24ClF3N2O7S/c1-37-23(33)29-10-20(31)24(34)12-5-13(24)7-15(6-12)38(35,36)19-4-11(2-3-16(19)25)22(32)30-14-8-17(26)21(28)18(27)9-14/h2-4,8-9,12-13,15,20,31,34H,5-7,10H2,1H3,(H,29,33)(H,30,32). The average molecular weight is 577 g/mol. The molecule has 3 aliphatic rings. The van der Waals surface area contributed by atoms with E-state index in [1.807, 2.05) is 0 Å². The Hall–Kier alpha value is -2.87. The van der Waals surface area contributed by atoms with Gasteiger partial charge >= 0.3 is 6.09 Å². The number of halogens is 4. The lowest BCUT2D eigenvalue weighted by Crippen LogP contribution is -2.69. The van der Waals surface area contributed by atoms with Gasteiger partial charge in [-0.25, -0.2) is 26.4 Å². The van der Waals surface area contributed by atoms with Gasteiger partial charge in [-0.2, -0.15) is 0 Å². The van der Waals surface area contributed by atoms with Crippen molar-refractivity contribution < 1.29 is 46.1 Å². The number of fused-ring (bicyclic) bond motifs is 2. The zero-order valence-corrected chi connectivity index (χ0v) is 21.5. The molecule has 3 fully saturated rings. The van der Waals surface area contributed by atoms with Crippen molar-refractivity contribution in [2.45, 2.75) is 41.1 Å². The summed E-state index contributed by atoms with van der Waals surface area (Å²) in [7, 11) is -2.96. The number of rotatable bonds is 7. The lowest BCUT2D eigenvalue weighted by Gasteiger charge is -2.60. The third-order valence-corrected chi connectivity index (χ3v) is 9.97. The smallest absolute Gasteiger partial charge is 0.406 e. The number of amides is 2. The van der Waals surface area contributed by atoms with Crippen LogP contribution in [0.2, 0.25) is 5.02 Å². The molecule has 38 heavy (non-hydrogen) atoms. The lowest BCUT2D eigenvalue weighted by molar-refractivity contribution is -0.229. The number of aliphatic hydroxyl groups is 2. The van der Waals surface area contributed by atoms with Crippen LogP contribution in [-0.4, -0.2) is 61.2 Å². The van der Waals surface area contributed by atoms with Gasteiger partial charge in [0, 0.05) is 29.9 Å². The van der Waals surface area contributed by atoms with Gasteiger partial charge in [-0.15, -0.1) is 0 Å². The highest BCUT2D eigenvalue weighted by Crippen LogP contribution is 2.57. The van der Waals surface area contributed by atoms with E-state index in [0.717, 1.165) is 13.2 Å². The van der Waals surface area contributed by atoms with Gasteiger partial charge in [0.1, 0.15) is 6.10 Å². The number of benzene rings is 2. The molecule has 0 aromatic heterocycles. The molecule has 3 aliphatic carbocycles. The maximum absolute atomic E-state index is 13.5. The second-order valence-electron chi connectivity index (χ2n) is 9.40. The first kappa shape index (κ1) is 28.1. The quantitative estimate of drug-likeness (QED) is 0.371. The Balaban J connectivity index is 1.51. The SMILES string of the molecule is COC(=O)NCC(O)C1(O)C2CC1CC(S(=O)(=O)c1cc(C(=O)Nc3cc(F)c(F)c(F)c3)ccc1Cl)C2. The van der Waals surface area contributed by atoms with E-state index in [1.165, 1.54) is 12.1 Å². The molecule has 2 aromatic rings. The van der Waals surface area contributed by atoms with Crippen molar-refractivity contribution in [2.75, 3.05) is 19.0 Å². The first-order valence-electron chi connectivity index (χ1n) is 11.5. The molecule has 0 saturated heterocycles. The molecule has 2 aromatic carbocycles. The number of alkyl carbamates (subject to hydrolysis) is 1. The van der Waals surface area contributed by atoms with E-state index in [2.05, 4.69) is 15.4 Å². The van der Waals surface area contributed by atoms with Crippen LogP contribution in [0, 0.1) is 29.3 Å². The van der Waals surface area contributed by atoms with Gasteiger partial charge in [-0.05, 0) is 49.3 Å². The minimum Gasteiger partial charge on any atom is -0.453 e. The molecular weight excluding hydrogens is 553 g/mol. The maximum Gasteiger partial charge on any atom is 0.406 e. The van der Waals surface area contributed by atoms with Crippen molar-refractivity contribution >= 4 is 39.1 Å². The van der Waals surface area contributed by atoms with Gasteiger partial charge in [0.2, 0.25) is 0 Å². The van der Waals surface area contributed by atoms with Crippen LogP contribution in [-0.2, 0) is 14.6 Å². The summed E-state index contributed by atoms with van der Waals surface area (Å²) >= 11 is 6.17. The molecule has 9 nitrogen and oxygen atoms in total. The molecule has 3 saturated carbocycles. The van der Waals surface area contributed by atoms with Crippen molar-refractivity contribution in [2.24, 2.45) is 11.8 Å². The Kier molecular flexibility index (Phi) is 7.67. The van der Waals surface area contributed by atoms with Crippen molar-refractivity contribution in [3.8, 4) is 0 Å². The van der Waals surface area contributed by atoms with Crippen LogP contribution in [0.4, 0.5) is 23.7 Å². The number of carbonyl (C=O) groups excluding carboxylic acids is 2. The Labute approximate surface area is 220 Å². The van der Waals surface area contributed by atoms with Crippen molar-refractivity contribution in [1.82, 2.24) is 5.32 Å². The molecule has 0 radical (unpaired) electrons. The second-order valence-corrected chi connectivity index (χ2v) is 12.0. The third-order valence-electron chi connectivity index (χ3n) is 7.31. The zero-order valence-electron chi connectivity index (χ0n) is 19.9. The van der Waals surface area contributed by atoms with E-state index in [1.54, 1.807) is 0 Å². The average Bonchev–Trinajstić information content (AvgIpc) is 2.89. The van der Waals surface area contributed by atoms with Crippen LogP contribution in [0.25, 0.3) is 0 Å². The van der Waals surface area contributed by atoms with E-state index in [9.17, 15) is 41.4 Å². The number of carbonyl (C=O) groups is 2. The highest BCUT2D eigenvalue weighted by molar-refractivity contribution is 7.92. The molecule has 0 heterocycles. The van der Waals surface area contributed by atoms with E-state index < -0.39 is 68.1 Å². The Bertz CT molecular complexity index is 1360. The number of aliphatic hydroxyl groups excluding tert-OH is 1. The number of ether oxygens (including phenoxy) is 1. The number of hydrogen-bond acceptors (Lipinski definition) is 7. The van der Waals surface area contributed by atoms with Gasteiger partial charge in [-0.3, -0.25) is 4.79 Å². The highest BCUT2D eigenvalue weighted by Gasteiger charge is 2.63. The molecule has 0 spiro atoms. The number of anilines is 1. The maximum atomic E-state index is 13.5. The summed E-state index contributed by atoms with van der Waals surface area (Å²) < 4.78 is 71.6. The minimum absolute atomic E-state index is 0.00546. The summed E-state index contributed by atoms with van der Waals surface area (Å²) in [6.45, 7) is -0.279. The number of sulfone groups is 1. The van der Waals surface area contributed by atoms with E-state index in [0.29, 0.717) is 18.6 Å². The van der Waals surface area contributed by atoms with Gasteiger partial charge in [-0.1, -0.05) is 11.6 Å². The molecule has 2 bridgehead atoms. The fraction of sp³-hybridized carbons (Fsp3) is 0.417. The van der Waals surface area contributed by atoms with Crippen molar-refractivity contribution in [1.29, 1.82) is 0 Å². The van der Waals surface area contributed by atoms with Crippen LogP contribution in [0.1, 0.15) is 29.6 Å². The molecule has 0 aliphatic heterocycles. The molecular formula is C24H24ClF3N2O7S. The minimum atomic E-state index is -4.11.